The number of aryl methyl sites for hydroxylation is 1. The van der Waals surface area contributed by atoms with E-state index >= 15 is 0 Å². The lowest BCUT2D eigenvalue weighted by atomic mass is 9.88. The number of carbonyl (C=O) groups is 1. The van der Waals surface area contributed by atoms with Crippen LogP contribution in [0.25, 0.3) is 0 Å². The highest BCUT2D eigenvalue weighted by Gasteiger charge is 2.20. The Balaban J connectivity index is 1.60. The first kappa shape index (κ1) is 17.9. The van der Waals surface area contributed by atoms with Gasteiger partial charge in [0.15, 0.2) is 0 Å². The standard InChI is InChI=1S/C21H24N4O/c1-15-10-11-20(25-19(15)13-22)23-14-16-6-5-9-18(12-16)24-21(26)17-7-3-2-4-8-17/h5-6,9-12,17H,2-4,7-8,14H2,1H3,(H,23,25)(H,24,26). The van der Waals surface area contributed by atoms with E-state index in [0.29, 0.717) is 18.1 Å². The molecule has 1 saturated carbocycles. The van der Waals surface area contributed by atoms with Crippen LogP contribution in [0.3, 0.4) is 0 Å². The number of nitrogens with zero attached hydrogens (tertiary/aromatic N) is 2. The predicted molar refractivity (Wildman–Crippen MR) is 103 cm³/mol. The monoisotopic (exact) mass is 348 g/mol. The van der Waals surface area contributed by atoms with Crippen molar-refractivity contribution in [3.8, 4) is 6.07 Å². The third-order valence-corrected chi connectivity index (χ3v) is 4.85. The van der Waals surface area contributed by atoms with Gasteiger partial charge in [-0.05, 0) is 49.1 Å². The van der Waals surface area contributed by atoms with Crippen LogP contribution in [0.5, 0.6) is 0 Å². The van der Waals surface area contributed by atoms with E-state index < -0.39 is 0 Å². The summed E-state index contributed by atoms with van der Waals surface area (Å²) in [5, 5.41) is 15.4. The quantitative estimate of drug-likeness (QED) is 0.840. The molecular weight excluding hydrogens is 324 g/mol. The maximum absolute atomic E-state index is 12.4. The van der Waals surface area contributed by atoms with Crippen LogP contribution < -0.4 is 10.6 Å². The molecule has 1 aliphatic carbocycles. The van der Waals surface area contributed by atoms with Gasteiger partial charge in [-0.3, -0.25) is 4.79 Å². The van der Waals surface area contributed by atoms with Crippen molar-refractivity contribution in [3.63, 3.8) is 0 Å². The Hall–Kier alpha value is -2.87. The zero-order valence-electron chi connectivity index (χ0n) is 15.1. The molecular formula is C21H24N4O. The van der Waals surface area contributed by atoms with Crippen molar-refractivity contribution < 1.29 is 4.79 Å². The molecule has 3 rings (SSSR count). The Labute approximate surface area is 154 Å². The molecule has 0 saturated heterocycles. The first-order valence-electron chi connectivity index (χ1n) is 9.17. The van der Waals surface area contributed by atoms with Crippen molar-refractivity contribution in [2.75, 3.05) is 10.6 Å². The molecule has 0 atom stereocenters. The Morgan fingerprint density at radius 2 is 2.04 bits per heavy atom. The fourth-order valence-corrected chi connectivity index (χ4v) is 3.30. The van der Waals surface area contributed by atoms with E-state index in [0.717, 1.165) is 42.5 Å². The van der Waals surface area contributed by atoms with Gasteiger partial charge in [0.1, 0.15) is 17.6 Å². The third-order valence-electron chi connectivity index (χ3n) is 4.85. The number of nitriles is 1. The number of pyridine rings is 1. The lowest BCUT2D eigenvalue weighted by Gasteiger charge is -2.20. The van der Waals surface area contributed by atoms with Crippen molar-refractivity contribution in [3.05, 3.63) is 53.2 Å². The normalized spacial score (nSPS) is 14.5. The highest BCUT2D eigenvalue weighted by molar-refractivity contribution is 5.92. The van der Waals surface area contributed by atoms with Gasteiger partial charge in [-0.2, -0.15) is 5.26 Å². The van der Waals surface area contributed by atoms with Crippen LogP contribution in [0.2, 0.25) is 0 Å². The summed E-state index contributed by atoms with van der Waals surface area (Å²) in [7, 11) is 0. The molecule has 0 bridgehead atoms. The van der Waals surface area contributed by atoms with Gasteiger partial charge in [0.25, 0.3) is 0 Å². The van der Waals surface area contributed by atoms with Gasteiger partial charge in [-0.25, -0.2) is 4.98 Å². The third kappa shape index (κ3) is 4.60. The van der Waals surface area contributed by atoms with Crippen molar-refractivity contribution in [2.24, 2.45) is 5.92 Å². The number of benzene rings is 1. The molecule has 0 aliphatic heterocycles. The Morgan fingerprint density at radius 1 is 1.23 bits per heavy atom. The maximum Gasteiger partial charge on any atom is 0.227 e. The molecule has 0 spiro atoms. The van der Waals surface area contributed by atoms with Crippen LogP contribution >= 0.6 is 0 Å². The molecule has 2 N–H and O–H groups in total. The number of anilines is 2. The molecule has 0 radical (unpaired) electrons. The molecule has 5 heteroatoms. The average Bonchev–Trinajstić information content (AvgIpc) is 2.68. The van der Waals surface area contributed by atoms with E-state index in [1.165, 1.54) is 6.42 Å². The summed E-state index contributed by atoms with van der Waals surface area (Å²) in [4.78, 5) is 16.7. The molecule has 1 aromatic heterocycles. The summed E-state index contributed by atoms with van der Waals surface area (Å²) < 4.78 is 0. The van der Waals surface area contributed by atoms with Crippen LogP contribution in [-0.4, -0.2) is 10.9 Å². The Bertz CT molecular complexity index is 819. The highest BCUT2D eigenvalue weighted by Crippen LogP contribution is 2.25. The fourth-order valence-electron chi connectivity index (χ4n) is 3.30. The zero-order chi connectivity index (χ0) is 18.4. The minimum atomic E-state index is 0.133. The molecule has 0 unspecified atom stereocenters. The van der Waals surface area contributed by atoms with Crippen LogP contribution in [0.4, 0.5) is 11.5 Å². The lowest BCUT2D eigenvalue weighted by molar-refractivity contribution is -0.120. The Kier molecular flexibility index (Phi) is 5.85. The molecule has 26 heavy (non-hydrogen) atoms. The van der Waals surface area contributed by atoms with E-state index in [2.05, 4.69) is 21.7 Å². The molecule has 2 aromatic rings. The van der Waals surface area contributed by atoms with Gasteiger partial charge in [0.2, 0.25) is 5.91 Å². The zero-order valence-corrected chi connectivity index (χ0v) is 15.1. The SMILES string of the molecule is Cc1ccc(NCc2cccc(NC(=O)C3CCCCC3)c2)nc1C#N. The van der Waals surface area contributed by atoms with E-state index in [4.69, 9.17) is 5.26 Å². The van der Waals surface area contributed by atoms with E-state index in [1.54, 1.807) is 0 Å². The van der Waals surface area contributed by atoms with Gasteiger partial charge in [-0.15, -0.1) is 0 Å². The van der Waals surface area contributed by atoms with Gasteiger partial charge in [0, 0.05) is 18.2 Å². The van der Waals surface area contributed by atoms with Crippen molar-refractivity contribution in [1.82, 2.24) is 4.98 Å². The van der Waals surface area contributed by atoms with E-state index in [9.17, 15) is 4.79 Å². The molecule has 134 valence electrons. The highest BCUT2D eigenvalue weighted by atomic mass is 16.1. The first-order valence-corrected chi connectivity index (χ1v) is 9.17. The second-order valence-corrected chi connectivity index (χ2v) is 6.85. The minimum Gasteiger partial charge on any atom is -0.366 e. The van der Waals surface area contributed by atoms with Crippen LogP contribution in [0, 0.1) is 24.2 Å². The minimum absolute atomic E-state index is 0.133. The molecule has 1 heterocycles. The number of hydrogen-bond acceptors (Lipinski definition) is 4. The lowest BCUT2D eigenvalue weighted by Crippen LogP contribution is -2.24. The average molecular weight is 348 g/mol. The number of rotatable bonds is 5. The second-order valence-electron chi connectivity index (χ2n) is 6.85. The fraction of sp³-hybridized carbons (Fsp3) is 0.381. The van der Waals surface area contributed by atoms with Gasteiger partial charge in [-0.1, -0.05) is 37.5 Å². The summed E-state index contributed by atoms with van der Waals surface area (Å²) in [6.45, 7) is 2.45. The van der Waals surface area contributed by atoms with E-state index in [-0.39, 0.29) is 11.8 Å². The van der Waals surface area contributed by atoms with Crippen molar-refractivity contribution in [2.45, 2.75) is 45.6 Å². The molecule has 1 amide bonds. The molecule has 1 fully saturated rings. The molecule has 1 aromatic carbocycles. The van der Waals surface area contributed by atoms with Gasteiger partial charge < -0.3 is 10.6 Å². The van der Waals surface area contributed by atoms with Crippen molar-refractivity contribution >= 4 is 17.4 Å². The van der Waals surface area contributed by atoms with Crippen LogP contribution in [-0.2, 0) is 11.3 Å². The van der Waals surface area contributed by atoms with Gasteiger partial charge >= 0.3 is 0 Å². The van der Waals surface area contributed by atoms with Gasteiger partial charge in [0.05, 0.1) is 0 Å². The number of carbonyl (C=O) groups excluding carboxylic acids is 1. The maximum atomic E-state index is 12.4. The Morgan fingerprint density at radius 3 is 2.81 bits per heavy atom. The summed E-state index contributed by atoms with van der Waals surface area (Å²) in [6.07, 6.45) is 5.53. The van der Waals surface area contributed by atoms with Crippen LogP contribution in [0.1, 0.15) is 48.9 Å². The largest absolute Gasteiger partial charge is 0.366 e. The summed E-state index contributed by atoms with van der Waals surface area (Å²) in [5.74, 6) is 0.948. The predicted octanol–water partition coefficient (Wildman–Crippen LogP) is 4.39. The second kappa shape index (κ2) is 8.48. The topological polar surface area (TPSA) is 77.8 Å². The van der Waals surface area contributed by atoms with E-state index in [1.807, 2.05) is 43.3 Å². The van der Waals surface area contributed by atoms with Crippen molar-refractivity contribution in [1.29, 1.82) is 5.26 Å². The number of hydrogen-bond donors (Lipinski definition) is 2. The molecule has 5 nitrogen and oxygen atoms in total. The summed E-state index contributed by atoms with van der Waals surface area (Å²) >= 11 is 0. The summed E-state index contributed by atoms with van der Waals surface area (Å²) in [5.41, 5.74) is 3.18. The van der Waals surface area contributed by atoms with Crippen LogP contribution in [0.15, 0.2) is 36.4 Å². The number of aromatic nitrogens is 1. The summed E-state index contributed by atoms with van der Waals surface area (Å²) in [6, 6.07) is 13.7. The first-order chi connectivity index (χ1) is 12.7. The number of nitrogens with one attached hydrogen (secondary N) is 2. The smallest absolute Gasteiger partial charge is 0.227 e. The molecule has 1 aliphatic rings. The number of amides is 1.